The van der Waals surface area contributed by atoms with Crippen LogP contribution >= 0.6 is 7.82 Å². The van der Waals surface area contributed by atoms with Gasteiger partial charge in [-0.05, 0) is 27.7 Å². The molecule has 5 heteroatoms. The lowest BCUT2D eigenvalue weighted by molar-refractivity contribution is 0.0741. The Bertz CT molecular complexity index is 216. The first kappa shape index (κ1) is 11.7. The van der Waals surface area contributed by atoms with E-state index in [1.54, 1.807) is 20.8 Å². The molecule has 1 N–H and O–H groups in total. The van der Waals surface area contributed by atoms with Crippen molar-refractivity contribution >= 4 is 7.82 Å². The maximum absolute atomic E-state index is 11.1. The summed E-state index contributed by atoms with van der Waals surface area (Å²) in [7, 11) is -3.97. The van der Waals surface area contributed by atoms with Crippen LogP contribution in [0.15, 0.2) is 12.3 Å². The molecule has 4 nitrogen and oxygen atoms in total. The van der Waals surface area contributed by atoms with E-state index in [2.05, 4.69) is 11.1 Å². The Morgan fingerprint density at radius 2 is 1.92 bits per heavy atom. The summed E-state index contributed by atoms with van der Waals surface area (Å²) in [5, 5.41) is 0. The average Bonchev–Trinajstić information content (AvgIpc) is 1.48. The molecule has 0 radical (unpaired) electrons. The monoisotopic (exact) mass is 194 g/mol. The summed E-state index contributed by atoms with van der Waals surface area (Å²) in [5.74, 6) is 0.157. The summed E-state index contributed by atoms with van der Waals surface area (Å²) >= 11 is 0. The average molecular weight is 194 g/mol. The number of hydrogen-bond acceptors (Lipinski definition) is 3. The second-order valence-electron chi connectivity index (χ2n) is 3.47. The maximum atomic E-state index is 11.1. The Balaban J connectivity index is 4.24. The van der Waals surface area contributed by atoms with Gasteiger partial charge in [0.1, 0.15) is 0 Å². The van der Waals surface area contributed by atoms with Crippen LogP contribution in [0.4, 0.5) is 0 Å². The van der Waals surface area contributed by atoms with Crippen LogP contribution in [0.1, 0.15) is 27.7 Å². The fraction of sp³-hybridized carbons (Fsp3) is 0.714. The minimum Gasteiger partial charge on any atom is -0.410 e. The molecule has 0 aromatic heterocycles. The predicted molar refractivity (Wildman–Crippen MR) is 46.6 cm³/mol. The second-order valence-corrected chi connectivity index (χ2v) is 4.77. The van der Waals surface area contributed by atoms with Crippen molar-refractivity contribution in [3.63, 3.8) is 0 Å². The zero-order chi connectivity index (χ0) is 9.99. The topological polar surface area (TPSA) is 55.8 Å². The highest BCUT2D eigenvalue weighted by molar-refractivity contribution is 7.47. The Morgan fingerprint density at radius 1 is 1.50 bits per heavy atom. The molecule has 0 aromatic rings. The highest BCUT2D eigenvalue weighted by Crippen LogP contribution is 2.48. The van der Waals surface area contributed by atoms with Gasteiger partial charge < -0.3 is 4.52 Å². The number of phosphoric acid groups is 1. The van der Waals surface area contributed by atoms with Crippen LogP contribution in [0.5, 0.6) is 0 Å². The molecule has 1 unspecified atom stereocenters. The van der Waals surface area contributed by atoms with Crippen LogP contribution < -0.4 is 0 Å². The normalized spacial score (nSPS) is 16.8. The van der Waals surface area contributed by atoms with Gasteiger partial charge in [0, 0.05) is 0 Å². The zero-order valence-electron chi connectivity index (χ0n) is 7.83. The smallest absolute Gasteiger partial charge is 0.410 e. The number of phosphoric ester groups is 1. The number of allylic oxidation sites excluding steroid dienone is 1. The molecule has 0 saturated carbocycles. The molecule has 12 heavy (non-hydrogen) atoms. The van der Waals surface area contributed by atoms with E-state index in [4.69, 9.17) is 9.42 Å². The second kappa shape index (κ2) is 3.60. The van der Waals surface area contributed by atoms with Gasteiger partial charge in [0.2, 0.25) is 0 Å². The SMILES string of the molecule is C=C(C)OP(=O)(O)OC(C)(C)C. The molecule has 0 aliphatic heterocycles. The molecule has 0 aromatic carbocycles. The summed E-state index contributed by atoms with van der Waals surface area (Å²) < 4.78 is 20.4. The standard InChI is InChI=1S/C7H15O4P/c1-6(2)10-12(8,9)11-7(3,4)5/h1H2,2-5H3,(H,8,9). The van der Waals surface area contributed by atoms with Crippen molar-refractivity contribution < 1.29 is 18.5 Å². The van der Waals surface area contributed by atoms with E-state index >= 15 is 0 Å². The van der Waals surface area contributed by atoms with Crippen LogP contribution in [0.25, 0.3) is 0 Å². The summed E-state index contributed by atoms with van der Waals surface area (Å²) in [4.78, 5) is 9.07. The lowest BCUT2D eigenvalue weighted by atomic mass is 10.2. The van der Waals surface area contributed by atoms with Gasteiger partial charge in [-0.25, -0.2) is 4.57 Å². The van der Waals surface area contributed by atoms with Crippen molar-refractivity contribution in [1.82, 2.24) is 0 Å². The minimum absolute atomic E-state index is 0.157. The van der Waals surface area contributed by atoms with Crippen LogP contribution in [-0.4, -0.2) is 10.5 Å². The summed E-state index contributed by atoms with van der Waals surface area (Å²) in [6.07, 6.45) is 0. The van der Waals surface area contributed by atoms with Crippen LogP contribution in [0, 0.1) is 0 Å². The van der Waals surface area contributed by atoms with E-state index in [0.717, 1.165) is 0 Å². The molecule has 0 aliphatic carbocycles. The van der Waals surface area contributed by atoms with Crippen molar-refractivity contribution in [2.45, 2.75) is 33.3 Å². The quantitative estimate of drug-likeness (QED) is 0.553. The van der Waals surface area contributed by atoms with Crippen LogP contribution in [0.3, 0.4) is 0 Å². The van der Waals surface area contributed by atoms with Gasteiger partial charge >= 0.3 is 7.82 Å². The van der Waals surface area contributed by atoms with Gasteiger partial charge in [-0.1, -0.05) is 6.58 Å². The molecule has 0 heterocycles. The molecule has 0 aliphatic rings. The van der Waals surface area contributed by atoms with Crippen molar-refractivity contribution in [2.75, 3.05) is 0 Å². The van der Waals surface area contributed by atoms with E-state index in [1.165, 1.54) is 6.92 Å². The highest BCUT2D eigenvalue weighted by atomic mass is 31.2. The van der Waals surface area contributed by atoms with Crippen LogP contribution in [-0.2, 0) is 13.6 Å². The molecule has 1 atom stereocenters. The summed E-state index contributed by atoms with van der Waals surface area (Å²) in [6.45, 7) is 9.81. The minimum atomic E-state index is -3.97. The van der Waals surface area contributed by atoms with Crippen molar-refractivity contribution in [2.24, 2.45) is 0 Å². The first-order chi connectivity index (χ1) is 5.12. The molecule has 0 saturated heterocycles. The van der Waals surface area contributed by atoms with Gasteiger partial charge in [0.05, 0.1) is 11.4 Å². The van der Waals surface area contributed by atoms with Gasteiger partial charge in [0.15, 0.2) is 0 Å². The summed E-state index contributed by atoms with van der Waals surface area (Å²) in [6, 6.07) is 0. The first-order valence-electron chi connectivity index (χ1n) is 3.51. The fourth-order valence-corrected chi connectivity index (χ4v) is 1.68. The lowest BCUT2D eigenvalue weighted by Gasteiger charge is -2.22. The van der Waals surface area contributed by atoms with E-state index in [0.29, 0.717) is 0 Å². The van der Waals surface area contributed by atoms with Crippen molar-refractivity contribution in [3.05, 3.63) is 12.3 Å². The fourth-order valence-electron chi connectivity index (χ4n) is 0.562. The molecular weight excluding hydrogens is 179 g/mol. The zero-order valence-corrected chi connectivity index (χ0v) is 8.72. The predicted octanol–water partition coefficient (Wildman–Crippen LogP) is 2.45. The molecule has 0 spiro atoms. The molecule has 0 amide bonds. The van der Waals surface area contributed by atoms with Crippen molar-refractivity contribution in [3.8, 4) is 0 Å². The molecule has 0 bridgehead atoms. The number of hydrogen-bond donors (Lipinski definition) is 1. The third kappa shape index (κ3) is 6.40. The van der Waals surface area contributed by atoms with Gasteiger partial charge in [-0.2, -0.15) is 0 Å². The van der Waals surface area contributed by atoms with Crippen LogP contribution in [0.2, 0.25) is 0 Å². The van der Waals surface area contributed by atoms with Crippen molar-refractivity contribution in [1.29, 1.82) is 0 Å². The first-order valence-corrected chi connectivity index (χ1v) is 5.00. The Kier molecular flexibility index (Phi) is 3.51. The lowest BCUT2D eigenvalue weighted by Crippen LogP contribution is -2.17. The Morgan fingerprint density at radius 3 is 2.17 bits per heavy atom. The van der Waals surface area contributed by atoms with Gasteiger partial charge in [-0.3, -0.25) is 9.42 Å². The van der Waals surface area contributed by atoms with E-state index in [1.807, 2.05) is 0 Å². The highest BCUT2D eigenvalue weighted by Gasteiger charge is 2.29. The molecule has 0 fully saturated rings. The number of rotatable bonds is 3. The Labute approximate surface area is 72.8 Å². The molecule has 72 valence electrons. The van der Waals surface area contributed by atoms with E-state index in [9.17, 15) is 4.57 Å². The largest absolute Gasteiger partial charge is 0.527 e. The molecular formula is C7H15O4P. The maximum Gasteiger partial charge on any atom is 0.527 e. The van der Waals surface area contributed by atoms with E-state index < -0.39 is 13.4 Å². The summed E-state index contributed by atoms with van der Waals surface area (Å²) in [5.41, 5.74) is -0.709. The Hall–Kier alpha value is -0.310. The molecule has 0 rings (SSSR count). The van der Waals surface area contributed by atoms with E-state index in [-0.39, 0.29) is 5.76 Å². The third-order valence-corrected chi connectivity index (χ3v) is 1.98. The van der Waals surface area contributed by atoms with Gasteiger partial charge in [-0.15, -0.1) is 0 Å². The van der Waals surface area contributed by atoms with Gasteiger partial charge in [0.25, 0.3) is 0 Å². The third-order valence-electron chi connectivity index (χ3n) is 0.660.